The van der Waals surface area contributed by atoms with Gasteiger partial charge in [0.25, 0.3) is 5.91 Å². The summed E-state index contributed by atoms with van der Waals surface area (Å²) < 4.78 is 12.2. The maximum absolute atomic E-state index is 12.3. The van der Waals surface area contributed by atoms with Crippen LogP contribution in [0.1, 0.15) is 44.6 Å². The molecule has 1 aliphatic carbocycles. The molecule has 1 aromatic heterocycles. The van der Waals surface area contributed by atoms with Gasteiger partial charge in [-0.05, 0) is 53.4 Å². The van der Waals surface area contributed by atoms with E-state index in [4.69, 9.17) is 15.2 Å². The van der Waals surface area contributed by atoms with Crippen molar-refractivity contribution in [3.63, 3.8) is 0 Å². The number of nitrogens with two attached hydrogens (primary N) is 1. The van der Waals surface area contributed by atoms with E-state index in [2.05, 4.69) is 36.8 Å². The van der Waals surface area contributed by atoms with Crippen molar-refractivity contribution in [1.29, 1.82) is 0 Å². The lowest BCUT2D eigenvalue weighted by Crippen LogP contribution is -2.39. The van der Waals surface area contributed by atoms with Gasteiger partial charge in [0, 0.05) is 11.4 Å². The molecule has 0 bridgehead atoms. The molecule has 1 fully saturated rings. The Bertz CT molecular complexity index is 883. The maximum atomic E-state index is 12.3. The van der Waals surface area contributed by atoms with Crippen molar-refractivity contribution in [2.75, 3.05) is 24.4 Å². The normalized spacial score (nSPS) is 14.6. The van der Waals surface area contributed by atoms with Gasteiger partial charge in [0.2, 0.25) is 5.13 Å². The fourth-order valence-electron chi connectivity index (χ4n) is 3.22. The molecule has 1 saturated carbocycles. The molecule has 0 spiro atoms. The standard InChI is InChI=1S/C20H26BrN5O3S/c1-2-28-16-9-13(10-23-26-20-25-17(22)12-30-20)8-15(21)19(16)29-11-18(27)24-14-6-4-3-5-7-14/h8-10,12,14H,2-7,11,22H2,1H3,(H,24,27)(H,25,26). The second kappa shape index (κ2) is 11.2. The summed E-state index contributed by atoms with van der Waals surface area (Å²) in [7, 11) is 0. The Morgan fingerprint density at radius 1 is 1.37 bits per heavy atom. The highest BCUT2D eigenvalue weighted by Crippen LogP contribution is 2.36. The molecule has 1 aliphatic rings. The largest absolute Gasteiger partial charge is 0.490 e. The van der Waals surface area contributed by atoms with Crippen LogP contribution in [0.3, 0.4) is 0 Å². The van der Waals surface area contributed by atoms with E-state index >= 15 is 0 Å². The Morgan fingerprint density at radius 3 is 2.87 bits per heavy atom. The molecular formula is C20H26BrN5O3S. The van der Waals surface area contributed by atoms with Crippen molar-refractivity contribution < 1.29 is 14.3 Å². The third-order valence-electron chi connectivity index (χ3n) is 4.55. The third-order valence-corrected chi connectivity index (χ3v) is 5.90. The minimum absolute atomic E-state index is 0.0599. The average molecular weight is 496 g/mol. The first kappa shape index (κ1) is 22.4. The Balaban J connectivity index is 1.62. The van der Waals surface area contributed by atoms with Gasteiger partial charge in [-0.3, -0.25) is 10.2 Å². The van der Waals surface area contributed by atoms with E-state index in [1.165, 1.54) is 30.6 Å². The number of rotatable bonds is 9. The SMILES string of the molecule is CCOc1cc(C=NNc2nc(N)cs2)cc(Br)c1OCC(=O)NC1CCCCC1. The zero-order valence-corrected chi connectivity index (χ0v) is 19.2. The van der Waals surface area contributed by atoms with Crippen LogP contribution in [-0.4, -0.2) is 36.4 Å². The van der Waals surface area contributed by atoms with E-state index in [1.54, 1.807) is 11.6 Å². The second-order valence-electron chi connectivity index (χ2n) is 6.90. The smallest absolute Gasteiger partial charge is 0.258 e. The summed E-state index contributed by atoms with van der Waals surface area (Å²) in [5.41, 5.74) is 9.22. The number of thiazole rings is 1. The van der Waals surface area contributed by atoms with Crippen LogP contribution >= 0.6 is 27.3 Å². The molecule has 0 unspecified atom stereocenters. The fourth-order valence-corrected chi connectivity index (χ4v) is 4.34. The van der Waals surface area contributed by atoms with Crippen LogP contribution in [0.5, 0.6) is 11.5 Å². The average Bonchev–Trinajstić information content (AvgIpc) is 3.13. The van der Waals surface area contributed by atoms with Crippen molar-refractivity contribution in [2.24, 2.45) is 5.10 Å². The fraction of sp³-hybridized carbons (Fsp3) is 0.450. The molecule has 1 aromatic carbocycles. The molecule has 162 valence electrons. The molecule has 3 rings (SSSR count). The van der Waals surface area contributed by atoms with Crippen LogP contribution < -0.4 is 25.9 Å². The molecule has 0 radical (unpaired) electrons. The molecule has 1 amide bonds. The zero-order chi connectivity index (χ0) is 21.3. The monoisotopic (exact) mass is 495 g/mol. The third kappa shape index (κ3) is 6.60. The van der Waals surface area contributed by atoms with Crippen molar-refractivity contribution in [1.82, 2.24) is 10.3 Å². The molecule has 0 aliphatic heterocycles. The van der Waals surface area contributed by atoms with Gasteiger partial charge in [-0.1, -0.05) is 19.3 Å². The number of halogens is 1. The van der Waals surface area contributed by atoms with E-state index in [0.29, 0.717) is 33.5 Å². The first-order valence-electron chi connectivity index (χ1n) is 9.93. The Hall–Kier alpha value is -2.33. The summed E-state index contributed by atoms with van der Waals surface area (Å²) in [5.74, 6) is 1.37. The number of benzene rings is 1. The molecule has 10 heteroatoms. The van der Waals surface area contributed by atoms with Crippen molar-refractivity contribution in [2.45, 2.75) is 45.1 Å². The predicted molar refractivity (Wildman–Crippen MR) is 124 cm³/mol. The highest BCUT2D eigenvalue weighted by Gasteiger charge is 2.18. The number of hydrogen-bond donors (Lipinski definition) is 3. The van der Waals surface area contributed by atoms with Crippen LogP contribution in [-0.2, 0) is 4.79 Å². The lowest BCUT2D eigenvalue weighted by molar-refractivity contribution is -0.124. The Labute approximate surface area is 188 Å². The second-order valence-corrected chi connectivity index (χ2v) is 8.61. The van der Waals surface area contributed by atoms with Crippen molar-refractivity contribution in [3.05, 3.63) is 27.5 Å². The number of anilines is 2. The number of carbonyl (C=O) groups is 1. The molecule has 0 atom stereocenters. The summed E-state index contributed by atoms with van der Waals surface area (Å²) >= 11 is 4.88. The molecule has 8 nitrogen and oxygen atoms in total. The van der Waals surface area contributed by atoms with Gasteiger partial charge in [0.15, 0.2) is 18.1 Å². The Morgan fingerprint density at radius 2 is 2.17 bits per heavy atom. The molecule has 4 N–H and O–H groups in total. The highest BCUT2D eigenvalue weighted by atomic mass is 79.9. The predicted octanol–water partition coefficient (Wildman–Crippen LogP) is 4.16. The molecule has 1 heterocycles. The van der Waals surface area contributed by atoms with Gasteiger partial charge in [0.1, 0.15) is 5.82 Å². The molecular weight excluding hydrogens is 470 g/mol. The number of nitrogens with zero attached hydrogens (tertiary/aromatic N) is 2. The topological polar surface area (TPSA) is 111 Å². The lowest BCUT2D eigenvalue weighted by Gasteiger charge is -2.23. The molecule has 30 heavy (non-hydrogen) atoms. The summed E-state index contributed by atoms with van der Waals surface area (Å²) in [4.78, 5) is 16.4. The van der Waals surface area contributed by atoms with Gasteiger partial charge in [-0.2, -0.15) is 5.10 Å². The number of aromatic nitrogens is 1. The number of amides is 1. The quantitative estimate of drug-likeness (QED) is 0.355. The maximum Gasteiger partial charge on any atom is 0.258 e. The van der Waals surface area contributed by atoms with Crippen molar-refractivity contribution in [3.8, 4) is 11.5 Å². The summed E-state index contributed by atoms with van der Waals surface area (Å²) in [6.45, 7) is 2.30. The van der Waals surface area contributed by atoms with Gasteiger partial charge in [0.05, 0.1) is 17.3 Å². The first-order chi connectivity index (χ1) is 14.5. The van der Waals surface area contributed by atoms with Crippen LogP contribution in [0, 0.1) is 0 Å². The summed E-state index contributed by atoms with van der Waals surface area (Å²) in [6, 6.07) is 3.91. The van der Waals surface area contributed by atoms with Crippen LogP contribution in [0.4, 0.5) is 10.9 Å². The molecule has 2 aromatic rings. The van der Waals surface area contributed by atoms with Crippen LogP contribution in [0.15, 0.2) is 27.1 Å². The first-order valence-corrected chi connectivity index (χ1v) is 11.6. The van der Waals surface area contributed by atoms with Gasteiger partial charge in [-0.25, -0.2) is 4.98 Å². The minimum atomic E-state index is -0.117. The van der Waals surface area contributed by atoms with Crippen molar-refractivity contribution >= 4 is 50.3 Å². The van der Waals surface area contributed by atoms with E-state index in [1.807, 2.05) is 19.1 Å². The number of hydrazone groups is 1. The number of hydrogen-bond acceptors (Lipinski definition) is 8. The minimum Gasteiger partial charge on any atom is -0.490 e. The van der Waals surface area contributed by atoms with Gasteiger partial charge < -0.3 is 20.5 Å². The highest BCUT2D eigenvalue weighted by molar-refractivity contribution is 9.10. The van der Waals surface area contributed by atoms with E-state index < -0.39 is 0 Å². The Kier molecular flexibility index (Phi) is 8.32. The van der Waals surface area contributed by atoms with E-state index in [0.717, 1.165) is 18.4 Å². The zero-order valence-electron chi connectivity index (χ0n) is 16.8. The molecule has 0 saturated heterocycles. The van der Waals surface area contributed by atoms with Gasteiger partial charge >= 0.3 is 0 Å². The summed E-state index contributed by atoms with van der Waals surface area (Å²) in [6.07, 6.45) is 7.30. The van der Waals surface area contributed by atoms with E-state index in [-0.39, 0.29) is 18.6 Å². The lowest BCUT2D eigenvalue weighted by atomic mass is 9.95. The number of carbonyl (C=O) groups excluding carboxylic acids is 1. The van der Waals surface area contributed by atoms with Crippen LogP contribution in [0.25, 0.3) is 0 Å². The number of nitrogen functional groups attached to an aromatic ring is 1. The van der Waals surface area contributed by atoms with Crippen LogP contribution in [0.2, 0.25) is 0 Å². The number of ether oxygens (including phenoxy) is 2. The van der Waals surface area contributed by atoms with E-state index in [9.17, 15) is 4.79 Å². The summed E-state index contributed by atoms with van der Waals surface area (Å²) in [5, 5.41) is 9.57. The van der Waals surface area contributed by atoms with Gasteiger partial charge in [-0.15, -0.1) is 11.3 Å². The number of nitrogens with one attached hydrogen (secondary N) is 2.